The number of Topliss-reactive ketones (excluding diaryl/α,β-unsaturated/α-hetero) is 1. The van der Waals surface area contributed by atoms with E-state index in [1.165, 1.54) is 38.0 Å². The lowest BCUT2D eigenvalue weighted by Gasteiger charge is -2.31. The third-order valence-corrected chi connectivity index (χ3v) is 5.78. The van der Waals surface area contributed by atoms with Crippen LogP contribution in [0, 0.1) is 5.82 Å². The number of halogens is 4. The Balaban J connectivity index is 2.02. The number of nitrogens with two attached hydrogens (primary N) is 1. The Kier molecular flexibility index (Phi) is 7.47. The summed E-state index contributed by atoms with van der Waals surface area (Å²) in [4.78, 5) is 16.5. The van der Waals surface area contributed by atoms with E-state index in [1.54, 1.807) is 36.4 Å². The van der Waals surface area contributed by atoms with Gasteiger partial charge in [0.05, 0.1) is 17.8 Å². The van der Waals surface area contributed by atoms with E-state index in [2.05, 4.69) is 10.4 Å². The summed E-state index contributed by atoms with van der Waals surface area (Å²) in [7, 11) is 1.50. The number of benzene rings is 2. The molecule has 1 unspecified atom stereocenters. The second-order valence-electron chi connectivity index (χ2n) is 8.12. The summed E-state index contributed by atoms with van der Waals surface area (Å²) in [5.74, 6) is -0.639. The summed E-state index contributed by atoms with van der Waals surface area (Å²) in [6.45, 7) is 2.67. The Hall–Kier alpha value is -3.50. The van der Waals surface area contributed by atoms with Gasteiger partial charge in [0.25, 0.3) is 0 Å². The molecule has 0 aliphatic rings. The maximum absolute atomic E-state index is 13.4. The predicted octanol–water partition coefficient (Wildman–Crippen LogP) is 4.68. The summed E-state index contributed by atoms with van der Waals surface area (Å²) in [6.07, 6.45) is -4.57. The van der Waals surface area contributed by atoms with E-state index in [4.69, 9.17) is 5.73 Å². The van der Waals surface area contributed by atoms with Crippen LogP contribution in [0.1, 0.15) is 36.3 Å². The maximum Gasteiger partial charge on any atom is 0.422 e. The lowest BCUT2D eigenvalue weighted by atomic mass is 9.96. The van der Waals surface area contributed by atoms with E-state index in [0.29, 0.717) is 27.6 Å². The molecule has 1 atom stereocenters. The van der Waals surface area contributed by atoms with Crippen molar-refractivity contribution in [3.05, 3.63) is 77.5 Å². The van der Waals surface area contributed by atoms with Crippen molar-refractivity contribution >= 4 is 16.7 Å². The molecule has 0 bridgehead atoms. The first-order valence-electron chi connectivity index (χ1n) is 10.8. The number of ketones is 1. The Morgan fingerprint density at radius 2 is 1.83 bits per heavy atom. The maximum atomic E-state index is 13.4. The zero-order chi connectivity index (χ0) is 26.0. The van der Waals surface area contributed by atoms with Crippen LogP contribution in [0.3, 0.4) is 0 Å². The molecular formula is C25H26F4N4O2. The smallest absolute Gasteiger partial charge is 0.398 e. The average molecular weight is 491 g/mol. The van der Waals surface area contributed by atoms with Crippen LogP contribution in [-0.4, -0.2) is 39.7 Å². The molecule has 0 aliphatic carbocycles. The van der Waals surface area contributed by atoms with Crippen molar-refractivity contribution in [3.8, 4) is 11.1 Å². The molecule has 2 aromatic carbocycles. The van der Waals surface area contributed by atoms with Gasteiger partial charge in [-0.15, -0.1) is 0 Å². The van der Waals surface area contributed by atoms with Gasteiger partial charge in [-0.1, -0.05) is 31.2 Å². The normalized spacial score (nSPS) is 14.1. The first kappa shape index (κ1) is 26.1. The lowest BCUT2D eigenvalue weighted by molar-refractivity contribution is -0.245. The van der Waals surface area contributed by atoms with E-state index >= 15 is 0 Å². The second kappa shape index (κ2) is 10.0. The number of pyridine rings is 1. The molecule has 0 fully saturated rings. The Morgan fingerprint density at radius 3 is 2.37 bits per heavy atom. The standard InChI is InChI=1S/C25H26F4N4O2/c1-4-24(35,25(27,28)29)23(30)14-33(31-3)13-16-5-10-19-20(17-6-8-18(26)9-7-17)12-21(15(2)34)32-22(19)11-16/h5-12,14,31,35H,4,13,30H2,1-3H3/b23-14-. The molecule has 1 heterocycles. The number of carbonyl (C=O) groups is 1. The molecule has 186 valence electrons. The fourth-order valence-corrected chi connectivity index (χ4v) is 3.65. The molecule has 0 aliphatic heterocycles. The molecule has 3 rings (SSSR count). The van der Waals surface area contributed by atoms with Gasteiger partial charge in [-0.25, -0.2) is 14.8 Å². The number of hydrogen-bond acceptors (Lipinski definition) is 6. The van der Waals surface area contributed by atoms with Gasteiger partial charge in [-0.2, -0.15) is 13.2 Å². The number of rotatable bonds is 8. The van der Waals surface area contributed by atoms with E-state index in [1.807, 2.05) is 0 Å². The quantitative estimate of drug-likeness (QED) is 0.241. The van der Waals surface area contributed by atoms with Crippen molar-refractivity contribution in [2.45, 2.75) is 38.6 Å². The molecular weight excluding hydrogens is 464 g/mol. The molecule has 1 aromatic heterocycles. The van der Waals surface area contributed by atoms with Crippen LogP contribution in [0.4, 0.5) is 17.6 Å². The fourth-order valence-electron chi connectivity index (χ4n) is 3.65. The Bertz CT molecular complexity index is 1260. The molecule has 0 saturated heterocycles. The van der Waals surface area contributed by atoms with E-state index in [0.717, 1.165) is 6.20 Å². The van der Waals surface area contributed by atoms with Gasteiger partial charge in [0, 0.05) is 25.6 Å². The number of nitrogens with zero attached hydrogens (tertiary/aromatic N) is 2. The first-order chi connectivity index (χ1) is 16.4. The monoisotopic (exact) mass is 490 g/mol. The number of alkyl halides is 3. The van der Waals surface area contributed by atoms with Crippen LogP contribution in [0.25, 0.3) is 22.0 Å². The molecule has 4 N–H and O–H groups in total. The van der Waals surface area contributed by atoms with Crippen molar-refractivity contribution in [1.82, 2.24) is 15.4 Å². The number of hydrazine groups is 1. The van der Waals surface area contributed by atoms with Crippen LogP contribution in [-0.2, 0) is 6.54 Å². The van der Waals surface area contributed by atoms with Gasteiger partial charge in [0.2, 0.25) is 5.60 Å². The summed E-state index contributed by atoms with van der Waals surface area (Å²) >= 11 is 0. The van der Waals surface area contributed by atoms with Gasteiger partial charge >= 0.3 is 6.18 Å². The van der Waals surface area contributed by atoms with Crippen molar-refractivity contribution < 1.29 is 27.5 Å². The van der Waals surface area contributed by atoms with Gasteiger partial charge in [0.1, 0.15) is 11.5 Å². The van der Waals surface area contributed by atoms with E-state index < -0.39 is 23.9 Å². The van der Waals surface area contributed by atoms with Gasteiger partial charge in [0.15, 0.2) is 5.78 Å². The average Bonchev–Trinajstić information content (AvgIpc) is 2.81. The molecule has 35 heavy (non-hydrogen) atoms. The van der Waals surface area contributed by atoms with Gasteiger partial charge in [-0.05, 0) is 47.4 Å². The van der Waals surface area contributed by atoms with Crippen molar-refractivity contribution in [3.63, 3.8) is 0 Å². The Labute approximate surface area is 200 Å². The second-order valence-corrected chi connectivity index (χ2v) is 8.12. The highest BCUT2D eigenvalue weighted by molar-refractivity contribution is 6.01. The van der Waals surface area contributed by atoms with Crippen LogP contribution >= 0.6 is 0 Å². The van der Waals surface area contributed by atoms with Crippen molar-refractivity contribution in [2.24, 2.45) is 5.73 Å². The lowest BCUT2D eigenvalue weighted by Crippen LogP contribution is -2.49. The molecule has 0 spiro atoms. The number of hydrogen-bond donors (Lipinski definition) is 3. The molecule has 10 heteroatoms. The third kappa shape index (κ3) is 5.44. The van der Waals surface area contributed by atoms with Gasteiger partial charge in [-0.3, -0.25) is 4.79 Å². The highest BCUT2D eigenvalue weighted by atomic mass is 19.4. The van der Waals surface area contributed by atoms with Gasteiger partial charge < -0.3 is 15.8 Å². The minimum atomic E-state index is -4.94. The Morgan fingerprint density at radius 1 is 1.17 bits per heavy atom. The summed E-state index contributed by atoms with van der Waals surface area (Å²) in [6, 6.07) is 12.7. The summed E-state index contributed by atoms with van der Waals surface area (Å²) in [5.41, 5.74) is 7.24. The highest BCUT2D eigenvalue weighted by Gasteiger charge is 2.54. The zero-order valence-electron chi connectivity index (χ0n) is 19.4. The first-order valence-corrected chi connectivity index (χ1v) is 10.8. The zero-order valence-corrected chi connectivity index (χ0v) is 19.4. The number of aliphatic hydroxyl groups is 1. The summed E-state index contributed by atoms with van der Waals surface area (Å²) in [5, 5.41) is 12.1. The number of nitrogens with one attached hydrogen (secondary N) is 1. The minimum Gasteiger partial charge on any atom is -0.398 e. The van der Waals surface area contributed by atoms with Crippen LogP contribution in [0.5, 0.6) is 0 Å². The summed E-state index contributed by atoms with van der Waals surface area (Å²) < 4.78 is 53.5. The van der Waals surface area contributed by atoms with E-state index in [9.17, 15) is 27.5 Å². The predicted molar refractivity (Wildman–Crippen MR) is 125 cm³/mol. The molecule has 0 amide bonds. The fraction of sp³-hybridized carbons (Fsp3) is 0.280. The van der Waals surface area contributed by atoms with Crippen LogP contribution in [0.15, 0.2) is 60.4 Å². The molecule has 0 radical (unpaired) electrons. The van der Waals surface area contributed by atoms with E-state index in [-0.39, 0.29) is 23.8 Å². The number of carbonyl (C=O) groups excluding carboxylic acids is 1. The number of aromatic nitrogens is 1. The van der Waals surface area contributed by atoms with Crippen LogP contribution in [0.2, 0.25) is 0 Å². The third-order valence-electron chi connectivity index (χ3n) is 5.78. The topological polar surface area (TPSA) is 91.5 Å². The highest BCUT2D eigenvalue weighted by Crippen LogP contribution is 2.37. The molecule has 3 aromatic rings. The van der Waals surface area contributed by atoms with Crippen LogP contribution < -0.4 is 11.2 Å². The number of fused-ring (bicyclic) bond motifs is 1. The largest absolute Gasteiger partial charge is 0.422 e. The van der Waals surface area contributed by atoms with Crippen molar-refractivity contribution in [1.29, 1.82) is 0 Å². The minimum absolute atomic E-state index is 0.0860. The van der Waals surface area contributed by atoms with Crippen molar-refractivity contribution in [2.75, 3.05) is 7.05 Å². The SMILES string of the molecule is CCC(O)(/C(N)=C/N(Cc1ccc2c(-c3ccc(F)cc3)cc(C(C)=O)nc2c1)NC)C(F)(F)F. The molecule has 0 saturated carbocycles. The molecule has 6 nitrogen and oxygen atoms in total.